The molecule has 2 N–H and O–H groups in total. The molecule has 1 unspecified atom stereocenters. The van der Waals surface area contributed by atoms with Crippen LogP contribution in [0.1, 0.15) is 27.9 Å². The number of methoxy groups -OCH3 is 2. The number of rotatable bonds is 5. The third-order valence-corrected chi connectivity index (χ3v) is 4.73. The molecule has 0 heterocycles. The molecule has 1 aliphatic rings. The molecule has 0 saturated carbocycles. The quantitative estimate of drug-likeness (QED) is 0.876. The summed E-state index contributed by atoms with van der Waals surface area (Å²) in [6.45, 7) is 0.182. The van der Waals surface area contributed by atoms with Gasteiger partial charge in [-0.2, -0.15) is 0 Å². The maximum Gasteiger partial charge on any atom is 0.258 e. The summed E-state index contributed by atoms with van der Waals surface area (Å²) in [5.74, 6) is 0.567. The van der Waals surface area contributed by atoms with Crippen LogP contribution < -0.4 is 14.8 Å². The largest absolute Gasteiger partial charge is 0.496 e. The van der Waals surface area contributed by atoms with Gasteiger partial charge in [-0.05, 0) is 36.1 Å². The Kier molecular flexibility index (Phi) is 4.95. The van der Waals surface area contributed by atoms with Crippen LogP contribution in [0.15, 0.2) is 42.5 Å². The average molecular weight is 341 g/mol. The number of ether oxygens (including phenoxy) is 2. The molecule has 2 aromatic carbocycles. The lowest BCUT2D eigenvalue weighted by Gasteiger charge is -2.33. The van der Waals surface area contributed by atoms with Crippen LogP contribution in [0, 0.1) is 0 Å². The molecule has 1 amide bonds. The van der Waals surface area contributed by atoms with Crippen molar-refractivity contribution in [2.75, 3.05) is 20.8 Å². The molecule has 0 spiro atoms. The molecule has 1 atom stereocenters. The van der Waals surface area contributed by atoms with E-state index in [1.165, 1.54) is 19.8 Å². The first-order valence-corrected chi connectivity index (χ1v) is 8.35. The second kappa shape index (κ2) is 7.15. The third kappa shape index (κ3) is 3.61. The predicted octanol–water partition coefficient (Wildman–Crippen LogP) is 2.35. The normalized spacial score (nSPS) is 19.0. The molecule has 5 heteroatoms. The van der Waals surface area contributed by atoms with Gasteiger partial charge in [0.1, 0.15) is 17.1 Å². The number of aliphatic hydroxyl groups is 1. The van der Waals surface area contributed by atoms with E-state index in [-0.39, 0.29) is 12.5 Å². The van der Waals surface area contributed by atoms with Crippen LogP contribution in [0.25, 0.3) is 0 Å². The minimum atomic E-state index is -0.945. The first-order chi connectivity index (χ1) is 12.1. The smallest absolute Gasteiger partial charge is 0.258 e. The Labute approximate surface area is 147 Å². The van der Waals surface area contributed by atoms with Crippen molar-refractivity contribution in [3.05, 3.63) is 59.2 Å². The first-order valence-electron chi connectivity index (χ1n) is 8.35. The van der Waals surface area contributed by atoms with Gasteiger partial charge in [-0.1, -0.05) is 30.3 Å². The van der Waals surface area contributed by atoms with E-state index < -0.39 is 5.60 Å². The number of amides is 1. The highest BCUT2D eigenvalue weighted by molar-refractivity contribution is 5.99. The summed E-state index contributed by atoms with van der Waals surface area (Å²) in [5, 5.41) is 13.7. The van der Waals surface area contributed by atoms with Crippen LogP contribution in [0.3, 0.4) is 0 Å². The van der Waals surface area contributed by atoms with Crippen molar-refractivity contribution in [2.24, 2.45) is 0 Å². The van der Waals surface area contributed by atoms with Gasteiger partial charge in [0.15, 0.2) is 0 Å². The van der Waals surface area contributed by atoms with E-state index in [2.05, 4.69) is 11.4 Å². The minimum Gasteiger partial charge on any atom is -0.496 e. The number of nitrogens with one attached hydrogen (secondary N) is 1. The number of hydrogen-bond donors (Lipinski definition) is 2. The molecule has 5 nitrogen and oxygen atoms in total. The van der Waals surface area contributed by atoms with Crippen LogP contribution in [-0.4, -0.2) is 37.4 Å². The Balaban J connectivity index is 1.73. The van der Waals surface area contributed by atoms with Gasteiger partial charge < -0.3 is 19.9 Å². The Morgan fingerprint density at radius 3 is 2.36 bits per heavy atom. The Morgan fingerprint density at radius 2 is 1.72 bits per heavy atom. The lowest BCUT2D eigenvalue weighted by molar-refractivity contribution is 0.0259. The monoisotopic (exact) mass is 341 g/mol. The minimum absolute atomic E-state index is 0.182. The van der Waals surface area contributed by atoms with Gasteiger partial charge in [-0.15, -0.1) is 0 Å². The fraction of sp³-hybridized carbons (Fsp3) is 0.350. The second-order valence-corrected chi connectivity index (χ2v) is 6.39. The fourth-order valence-electron chi connectivity index (χ4n) is 3.34. The van der Waals surface area contributed by atoms with Gasteiger partial charge in [0.2, 0.25) is 0 Å². The van der Waals surface area contributed by atoms with E-state index in [9.17, 15) is 9.90 Å². The Hall–Kier alpha value is -2.53. The summed E-state index contributed by atoms with van der Waals surface area (Å²) in [5.41, 5.74) is 1.80. The highest BCUT2D eigenvalue weighted by Crippen LogP contribution is 2.30. The lowest BCUT2D eigenvalue weighted by Crippen LogP contribution is -2.46. The van der Waals surface area contributed by atoms with Gasteiger partial charge in [0, 0.05) is 13.0 Å². The zero-order valence-electron chi connectivity index (χ0n) is 14.5. The predicted molar refractivity (Wildman–Crippen MR) is 95.3 cm³/mol. The molecule has 2 aromatic rings. The van der Waals surface area contributed by atoms with E-state index in [0.29, 0.717) is 29.9 Å². The molecule has 0 radical (unpaired) electrons. The second-order valence-electron chi connectivity index (χ2n) is 6.39. The summed E-state index contributed by atoms with van der Waals surface area (Å²) in [6.07, 6.45) is 1.96. The fourth-order valence-corrected chi connectivity index (χ4v) is 3.34. The maximum atomic E-state index is 12.7. The van der Waals surface area contributed by atoms with E-state index in [1.807, 2.05) is 18.2 Å². The van der Waals surface area contributed by atoms with Crippen LogP contribution in [0.5, 0.6) is 11.5 Å². The van der Waals surface area contributed by atoms with Crippen molar-refractivity contribution in [1.82, 2.24) is 5.32 Å². The standard InChI is InChI=1S/C20H23NO4/c1-24-16-8-5-9-17(25-2)18(16)19(22)21-13-20(23)11-10-14-6-3-4-7-15(14)12-20/h3-9,23H,10-13H2,1-2H3,(H,21,22). The molecule has 3 rings (SSSR count). The Bertz CT molecular complexity index is 752. The average Bonchev–Trinajstić information content (AvgIpc) is 2.65. The molecule has 132 valence electrons. The zero-order valence-corrected chi connectivity index (χ0v) is 14.5. The SMILES string of the molecule is COc1cccc(OC)c1C(=O)NCC1(O)CCc2ccccc2C1. The molecule has 0 bridgehead atoms. The van der Waals surface area contributed by atoms with Crippen molar-refractivity contribution >= 4 is 5.91 Å². The van der Waals surface area contributed by atoms with Gasteiger partial charge in [0.05, 0.1) is 19.8 Å². The molecule has 0 aliphatic heterocycles. The van der Waals surface area contributed by atoms with Crippen molar-refractivity contribution in [3.8, 4) is 11.5 Å². The van der Waals surface area contributed by atoms with Gasteiger partial charge >= 0.3 is 0 Å². The number of carbonyl (C=O) groups excluding carboxylic acids is 1. The Morgan fingerprint density at radius 1 is 1.08 bits per heavy atom. The lowest BCUT2D eigenvalue weighted by atomic mass is 9.80. The molecule has 0 fully saturated rings. The van der Waals surface area contributed by atoms with Crippen LogP contribution in [0.4, 0.5) is 0 Å². The third-order valence-electron chi connectivity index (χ3n) is 4.73. The number of carbonyl (C=O) groups is 1. The number of aryl methyl sites for hydroxylation is 1. The number of fused-ring (bicyclic) bond motifs is 1. The summed E-state index contributed by atoms with van der Waals surface area (Å²) in [7, 11) is 3.02. The molecule has 0 saturated heterocycles. The summed E-state index contributed by atoms with van der Waals surface area (Å²) in [6, 6.07) is 13.3. The van der Waals surface area contributed by atoms with Gasteiger partial charge in [0.25, 0.3) is 5.91 Å². The van der Waals surface area contributed by atoms with Crippen molar-refractivity contribution in [3.63, 3.8) is 0 Å². The number of hydrogen-bond acceptors (Lipinski definition) is 4. The van der Waals surface area contributed by atoms with Gasteiger partial charge in [-0.3, -0.25) is 4.79 Å². The maximum absolute atomic E-state index is 12.7. The van der Waals surface area contributed by atoms with Crippen LogP contribution in [0.2, 0.25) is 0 Å². The van der Waals surface area contributed by atoms with Crippen LogP contribution in [-0.2, 0) is 12.8 Å². The summed E-state index contributed by atoms with van der Waals surface area (Å²) in [4.78, 5) is 12.7. The summed E-state index contributed by atoms with van der Waals surface area (Å²) >= 11 is 0. The van der Waals surface area contributed by atoms with E-state index in [4.69, 9.17) is 9.47 Å². The van der Waals surface area contributed by atoms with Crippen molar-refractivity contribution < 1.29 is 19.4 Å². The van der Waals surface area contributed by atoms with E-state index >= 15 is 0 Å². The van der Waals surface area contributed by atoms with Gasteiger partial charge in [-0.25, -0.2) is 0 Å². The number of benzene rings is 2. The summed E-state index contributed by atoms with van der Waals surface area (Å²) < 4.78 is 10.5. The van der Waals surface area contributed by atoms with Crippen molar-refractivity contribution in [2.45, 2.75) is 24.9 Å². The molecular formula is C20H23NO4. The van der Waals surface area contributed by atoms with Crippen LogP contribution >= 0.6 is 0 Å². The molecule has 0 aromatic heterocycles. The van der Waals surface area contributed by atoms with E-state index in [1.54, 1.807) is 18.2 Å². The first kappa shape index (κ1) is 17.3. The van der Waals surface area contributed by atoms with E-state index in [0.717, 1.165) is 12.0 Å². The molecule has 1 aliphatic carbocycles. The molecular weight excluding hydrogens is 318 g/mol. The van der Waals surface area contributed by atoms with Crippen molar-refractivity contribution in [1.29, 1.82) is 0 Å². The topological polar surface area (TPSA) is 67.8 Å². The zero-order chi connectivity index (χ0) is 17.9. The highest BCUT2D eigenvalue weighted by Gasteiger charge is 2.33. The highest BCUT2D eigenvalue weighted by atomic mass is 16.5. The molecule has 25 heavy (non-hydrogen) atoms.